The number of rotatable bonds is 3. The summed E-state index contributed by atoms with van der Waals surface area (Å²) in [7, 11) is 0. The Bertz CT molecular complexity index is 143. The predicted molar refractivity (Wildman–Crippen MR) is 39.2 cm³/mol. The molecule has 64 valence electrons. The lowest BCUT2D eigenvalue weighted by Crippen LogP contribution is -2.37. The molecule has 1 saturated heterocycles. The smallest absolute Gasteiger partial charge is 0.310 e. The van der Waals surface area contributed by atoms with Crippen LogP contribution in [0.25, 0.3) is 0 Å². The van der Waals surface area contributed by atoms with Crippen molar-refractivity contribution in [2.45, 2.75) is 18.9 Å². The number of carboxylic acids is 1. The van der Waals surface area contributed by atoms with Crippen LogP contribution >= 0.6 is 0 Å². The van der Waals surface area contributed by atoms with Gasteiger partial charge in [-0.2, -0.15) is 0 Å². The van der Waals surface area contributed by atoms with Crippen LogP contribution in [0.5, 0.6) is 0 Å². The summed E-state index contributed by atoms with van der Waals surface area (Å²) < 4.78 is 0. The monoisotopic (exact) mass is 159 g/mol. The van der Waals surface area contributed by atoms with Gasteiger partial charge in [-0.25, -0.2) is 0 Å². The number of carboxylic acid groups (broad SMARTS) is 1. The molecule has 1 aliphatic heterocycles. The molecule has 1 fully saturated rings. The molecule has 4 nitrogen and oxygen atoms in total. The van der Waals surface area contributed by atoms with Crippen molar-refractivity contribution in [3.63, 3.8) is 0 Å². The Hall–Kier alpha value is -0.610. The van der Waals surface area contributed by atoms with Gasteiger partial charge in [0.05, 0.1) is 12.5 Å². The van der Waals surface area contributed by atoms with Crippen LogP contribution < -0.4 is 5.32 Å². The first-order valence-electron chi connectivity index (χ1n) is 3.82. The number of hydrogen-bond acceptors (Lipinski definition) is 3. The van der Waals surface area contributed by atoms with Gasteiger partial charge in [-0.15, -0.1) is 0 Å². The summed E-state index contributed by atoms with van der Waals surface area (Å²) in [4.78, 5) is 10.5. The molecule has 0 amide bonds. The first-order valence-corrected chi connectivity index (χ1v) is 3.82. The van der Waals surface area contributed by atoms with Gasteiger partial charge in [0.25, 0.3) is 0 Å². The van der Waals surface area contributed by atoms with E-state index < -0.39 is 11.9 Å². The van der Waals surface area contributed by atoms with E-state index >= 15 is 0 Å². The zero-order chi connectivity index (χ0) is 8.27. The van der Waals surface area contributed by atoms with E-state index in [0.717, 1.165) is 19.4 Å². The average molecular weight is 159 g/mol. The van der Waals surface area contributed by atoms with E-state index in [1.165, 1.54) is 0 Å². The predicted octanol–water partition coefficient (Wildman–Crippen LogP) is -0.569. The minimum Gasteiger partial charge on any atom is -0.481 e. The third-order valence-corrected chi connectivity index (χ3v) is 2.10. The molecule has 1 aliphatic rings. The lowest BCUT2D eigenvalue weighted by atomic mass is 10.00. The largest absolute Gasteiger partial charge is 0.481 e. The highest BCUT2D eigenvalue weighted by Gasteiger charge is 2.29. The fourth-order valence-corrected chi connectivity index (χ4v) is 1.43. The van der Waals surface area contributed by atoms with Crippen molar-refractivity contribution < 1.29 is 15.0 Å². The number of aliphatic hydroxyl groups excluding tert-OH is 1. The standard InChI is InChI=1S/C7H13NO3/c9-4-5(7(10)11)6-2-1-3-8-6/h5-6,8-9H,1-4H2,(H,10,11). The summed E-state index contributed by atoms with van der Waals surface area (Å²) in [5, 5.41) is 20.4. The van der Waals surface area contributed by atoms with Gasteiger partial charge < -0.3 is 15.5 Å². The zero-order valence-electron chi connectivity index (χ0n) is 6.29. The van der Waals surface area contributed by atoms with E-state index in [-0.39, 0.29) is 12.6 Å². The van der Waals surface area contributed by atoms with E-state index in [2.05, 4.69) is 5.32 Å². The lowest BCUT2D eigenvalue weighted by Gasteiger charge is -2.16. The van der Waals surface area contributed by atoms with Gasteiger partial charge in [0.1, 0.15) is 0 Å². The van der Waals surface area contributed by atoms with E-state index in [1.54, 1.807) is 0 Å². The van der Waals surface area contributed by atoms with Gasteiger partial charge in [-0.3, -0.25) is 4.79 Å². The van der Waals surface area contributed by atoms with Gasteiger partial charge >= 0.3 is 5.97 Å². The SMILES string of the molecule is O=C(O)C(CO)C1CCCN1. The molecule has 0 bridgehead atoms. The van der Waals surface area contributed by atoms with Crippen LogP contribution in [0.2, 0.25) is 0 Å². The Morgan fingerprint density at radius 1 is 1.73 bits per heavy atom. The van der Waals surface area contributed by atoms with Gasteiger partial charge in [0.2, 0.25) is 0 Å². The maximum absolute atomic E-state index is 10.5. The molecular formula is C7H13NO3. The van der Waals surface area contributed by atoms with Crippen LogP contribution in [-0.2, 0) is 4.79 Å². The normalized spacial score (nSPS) is 26.8. The van der Waals surface area contributed by atoms with Crippen molar-refractivity contribution in [1.29, 1.82) is 0 Å². The minimum atomic E-state index is -0.910. The number of nitrogens with one attached hydrogen (secondary N) is 1. The summed E-state index contributed by atoms with van der Waals surface area (Å²) in [6.07, 6.45) is 1.87. The molecule has 2 atom stereocenters. The third-order valence-electron chi connectivity index (χ3n) is 2.10. The molecule has 3 N–H and O–H groups in total. The van der Waals surface area contributed by atoms with Crippen LogP contribution in [0.4, 0.5) is 0 Å². The highest BCUT2D eigenvalue weighted by atomic mass is 16.4. The summed E-state index contributed by atoms with van der Waals surface area (Å²) in [6, 6.07) is -0.0301. The zero-order valence-corrected chi connectivity index (χ0v) is 6.29. The van der Waals surface area contributed by atoms with Crippen LogP contribution in [-0.4, -0.2) is 35.4 Å². The Balaban J connectivity index is 2.46. The Kier molecular flexibility index (Phi) is 2.84. The molecule has 0 aromatic heterocycles. The number of carbonyl (C=O) groups is 1. The van der Waals surface area contributed by atoms with E-state index in [4.69, 9.17) is 10.2 Å². The van der Waals surface area contributed by atoms with Gasteiger partial charge in [-0.1, -0.05) is 0 Å². The maximum Gasteiger partial charge on any atom is 0.310 e. The fourth-order valence-electron chi connectivity index (χ4n) is 1.43. The van der Waals surface area contributed by atoms with Crippen molar-refractivity contribution >= 4 is 5.97 Å². The first kappa shape index (κ1) is 8.49. The van der Waals surface area contributed by atoms with Crippen molar-refractivity contribution in [1.82, 2.24) is 5.32 Å². The second-order valence-electron chi connectivity index (χ2n) is 2.83. The molecular weight excluding hydrogens is 146 g/mol. The maximum atomic E-state index is 10.5. The van der Waals surface area contributed by atoms with Gasteiger partial charge in [0.15, 0.2) is 0 Å². The molecule has 11 heavy (non-hydrogen) atoms. The van der Waals surface area contributed by atoms with Crippen LogP contribution in [0.15, 0.2) is 0 Å². The molecule has 0 aromatic rings. The minimum absolute atomic E-state index is 0.0301. The molecule has 0 saturated carbocycles. The molecule has 0 aromatic carbocycles. The molecule has 4 heteroatoms. The van der Waals surface area contributed by atoms with Crippen molar-refractivity contribution in [3.05, 3.63) is 0 Å². The lowest BCUT2D eigenvalue weighted by molar-refractivity contribution is -0.144. The van der Waals surface area contributed by atoms with E-state index in [0.29, 0.717) is 0 Å². The summed E-state index contributed by atoms with van der Waals surface area (Å²) >= 11 is 0. The number of aliphatic carboxylic acids is 1. The molecule has 1 heterocycles. The third kappa shape index (κ3) is 1.91. The molecule has 0 aliphatic carbocycles. The number of hydrogen-bond donors (Lipinski definition) is 3. The highest BCUT2D eigenvalue weighted by Crippen LogP contribution is 2.14. The quantitative estimate of drug-likeness (QED) is 0.516. The van der Waals surface area contributed by atoms with Crippen molar-refractivity contribution in [3.8, 4) is 0 Å². The Morgan fingerprint density at radius 2 is 2.45 bits per heavy atom. The summed E-state index contributed by atoms with van der Waals surface area (Å²) in [5.74, 6) is -1.54. The van der Waals surface area contributed by atoms with Crippen molar-refractivity contribution in [2.75, 3.05) is 13.2 Å². The molecule has 1 rings (SSSR count). The highest BCUT2D eigenvalue weighted by molar-refractivity contribution is 5.71. The summed E-state index contributed by atoms with van der Waals surface area (Å²) in [6.45, 7) is 0.599. The van der Waals surface area contributed by atoms with E-state index in [9.17, 15) is 4.79 Å². The topological polar surface area (TPSA) is 69.6 Å². The van der Waals surface area contributed by atoms with Crippen LogP contribution in [0, 0.1) is 5.92 Å². The van der Waals surface area contributed by atoms with Crippen molar-refractivity contribution in [2.24, 2.45) is 5.92 Å². The molecule has 0 spiro atoms. The summed E-state index contributed by atoms with van der Waals surface area (Å²) in [5.41, 5.74) is 0. The first-order chi connectivity index (χ1) is 5.25. The van der Waals surface area contributed by atoms with Crippen LogP contribution in [0.1, 0.15) is 12.8 Å². The second kappa shape index (κ2) is 3.69. The van der Waals surface area contributed by atoms with Crippen LogP contribution in [0.3, 0.4) is 0 Å². The average Bonchev–Trinajstić information content (AvgIpc) is 2.40. The Morgan fingerprint density at radius 3 is 2.82 bits per heavy atom. The Labute approximate surface area is 65.2 Å². The van der Waals surface area contributed by atoms with Gasteiger partial charge in [0, 0.05) is 6.04 Å². The van der Waals surface area contributed by atoms with E-state index in [1.807, 2.05) is 0 Å². The van der Waals surface area contributed by atoms with Gasteiger partial charge in [-0.05, 0) is 19.4 Å². The molecule has 2 unspecified atom stereocenters. The molecule has 0 radical (unpaired) electrons. The number of aliphatic hydroxyl groups is 1. The second-order valence-corrected chi connectivity index (χ2v) is 2.83. The fraction of sp³-hybridized carbons (Fsp3) is 0.857.